The zero-order chi connectivity index (χ0) is 22.0. The SMILES string of the molecule is CN(Cc1nc(-c2cccs2)no1)S(=O)(=O)c1nnc(NC(=O)c2ccccc2Cl)s1. The van der Waals surface area contributed by atoms with E-state index in [1.165, 1.54) is 18.4 Å². The van der Waals surface area contributed by atoms with Crippen LogP contribution in [0.3, 0.4) is 0 Å². The highest BCUT2D eigenvalue weighted by molar-refractivity contribution is 7.91. The topological polar surface area (TPSA) is 131 Å². The van der Waals surface area contributed by atoms with Crippen molar-refractivity contribution < 1.29 is 17.7 Å². The average Bonchev–Trinajstić information content (AvgIpc) is 3.50. The number of benzene rings is 1. The Balaban J connectivity index is 1.46. The summed E-state index contributed by atoms with van der Waals surface area (Å²) in [5, 5.41) is 16.0. The summed E-state index contributed by atoms with van der Waals surface area (Å²) in [7, 11) is -2.64. The number of nitrogens with one attached hydrogen (secondary N) is 1. The van der Waals surface area contributed by atoms with Crippen molar-refractivity contribution >= 4 is 55.3 Å². The number of amides is 1. The van der Waals surface area contributed by atoms with E-state index in [1.807, 2.05) is 17.5 Å². The van der Waals surface area contributed by atoms with Gasteiger partial charge < -0.3 is 4.52 Å². The third-order valence-electron chi connectivity index (χ3n) is 3.94. The number of halogens is 1. The molecule has 3 aromatic heterocycles. The molecule has 0 radical (unpaired) electrons. The standard InChI is InChI=1S/C17H13ClN6O4S3/c1-24(9-13-19-14(23-28-13)12-7-4-8-29-12)31(26,27)17-22-21-16(30-17)20-15(25)10-5-2-3-6-11(10)18/h2-8H,9H2,1H3,(H,20,21,25). The van der Waals surface area contributed by atoms with Gasteiger partial charge in [-0.1, -0.05) is 46.3 Å². The second kappa shape index (κ2) is 8.80. The van der Waals surface area contributed by atoms with Crippen molar-refractivity contribution in [2.45, 2.75) is 10.9 Å². The molecule has 14 heteroatoms. The number of thiophene rings is 1. The third kappa shape index (κ3) is 4.65. The van der Waals surface area contributed by atoms with Gasteiger partial charge in [0.2, 0.25) is 21.2 Å². The highest BCUT2D eigenvalue weighted by Gasteiger charge is 2.28. The van der Waals surface area contributed by atoms with E-state index in [1.54, 1.807) is 24.3 Å². The number of anilines is 1. The number of sulfonamides is 1. The number of hydrogen-bond donors (Lipinski definition) is 1. The maximum Gasteiger partial charge on any atom is 0.272 e. The van der Waals surface area contributed by atoms with Gasteiger partial charge in [-0.2, -0.15) is 9.29 Å². The number of aromatic nitrogens is 4. The minimum Gasteiger partial charge on any atom is -0.337 e. The lowest BCUT2D eigenvalue weighted by molar-refractivity contribution is 0.102. The molecular weight excluding hydrogens is 484 g/mol. The number of carbonyl (C=O) groups is 1. The van der Waals surface area contributed by atoms with Crippen LogP contribution in [0.25, 0.3) is 10.7 Å². The molecule has 0 saturated carbocycles. The Hall–Kier alpha value is -2.71. The molecule has 10 nitrogen and oxygen atoms in total. The van der Waals surface area contributed by atoms with Crippen LogP contribution in [-0.2, 0) is 16.6 Å². The van der Waals surface area contributed by atoms with Gasteiger partial charge in [-0.25, -0.2) is 8.42 Å². The average molecular weight is 497 g/mol. The minimum atomic E-state index is -3.99. The van der Waals surface area contributed by atoms with Crippen molar-refractivity contribution in [2.75, 3.05) is 12.4 Å². The molecule has 0 fully saturated rings. The van der Waals surface area contributed by atoms with Gasteiger partial charge in [0.25, 0.3) is 15.9 Å². The summed E-state index contributed by atoms with van der Waals surface area (Å²) >= 11 is 8.16. The third-order valence-corrected chi connectivity index (χ3v) is 8.13. The van der Waals surface area contributed by atoms with E-state index < -0.39 is 15.9 Å². The van der Waals surface area contributed by atoms with Crippen LogP contribution in [0.5, 0.6) is 0 Å². The van der Waals surface area contributed by atoms with Gasteiger partial charge in [0.1, 0.15) is 0 Å². The summed E-state index contributed by atoms with van der Waals surface area (Å²) < 4.78 is 31.5. The lowest BCUT2D eigenvalue weighted by Crippen LogP contribution is -2.26. The molecular formula is C17H13ClN6O4S3. The summed E-state index contributed by atoms with van der Waals surface area (Å²) in [6, 6.07) is 10.1. The van der Waals surface area contributed by atoms with Crippen molar-refractivity contribution in [3.63, 3.8) is 0 Å². The van der Waals surface area contributed by atoms with E-state index in [0.29, 0.717) is 5.82 Å². The Morgan fingerprint density at radius 1 is 1.23 bits per heavy atom. The van der Waals surface area contributed by atoms with Gasteiger partial charge in [0, 0.05) is 7.05 Å². The second-order valence-electron chi connectivity index (χ2n) is 6.06. The van der Waals surface area contributed by atoms with Crippen molar-refractivity contribution in [3.05, 3.63) is 58.3 Å². The molecule has 0 aliphatic rings. The first-order valence-corrected chi connectivity index (χ1v) is 12.1. The van der Waals surface area contributed by atoms with Crippen molar-refractivity contribution in [1.29, 1.82) is 0 Å². The zero-order valence-corrected chi connectivity index (χ0v) is 18.9. The fourth-order valence-electron chi connectivity index (χ4n) is 2.41. The minimum absolute atomic E-state index is 0.0228. The molecule has 1 aromatic carbocycles. The van der Waals surface area contributed by atoms with Crippen LogP contribution >= 0.6 is 34.3 Å². The molecule has 0 spiro atoms. The van der Waals surface area contributed by atoms with Gasteiger partial charge in [0.05, 0.1) is 22.0 Å². The van der Waals surface area contributed by atoms with Crippen LogP contribution in [0.15, 0.2) is 50.6 Å². The maximum atomic E-state index is 12.8. The summed E-state index contributed by atoms with van der Waals surface area (Å²) in [4.78, 5) is 17.3. The number of rotatable bonds is 7. The Bertz CT molecular complexity index is 1320. The van der Waals surface area contributed by atoms with Crippen molar-refractivity contribution in [1.82, 2.24) is 24.6 Å². The Kier molecular flexibility index (Phi) is 6.11. The van der Waals surface area contributed by atoms with Crippen LogP contribution in [-0.4, -0.2) is 46.0 Å². The van der Waals surface area contributed by atoms with Crippen LogP contribution in [0.2, 0.25) is 5.02 Å². The predicted molar refractivity (Wildman–Crippen MR) is 116 cm³/mol. The van der Waals surface area contributed by atoms with Crippen molar-refractivity contribution in [3.8, 4) is 10.7 Å². The summed E-state index contributed by atoms with van der Waals surface area (Å²) in [5.74, 6) is -0.00598. The molecule has 0 bridgehead atoms. The van der Waals surface area contributed by atoms with Crippen LogP contribution in [0, 0.1) is 0 Å². The smallest absolute Gasteiger partial charge is 0.272 e. The van der Waals surface area contributed by atoms with Gasteiger partial charge in [-0.3, -0.25) is 10.1 Å². The maximum absolute atomic E-state index is 12.8. The molecule has 4 rings (SSSR count). The van der Waals surface area contributed by atoms with E-state index in [0.717, 1.165) is 20.5 Å². The first kappa shape index (κ1) is 21.5. The van der Waals surface area contributed by atoms with Gasteiger partial charge in [0.15, 0.2) is 0 Å². The highest BCUT2D eigenvalue weighted by Crippen LogP contribution is 2.26. The first-order chi connectivity index (χ1) is 14.8. The van der Waals surface area contributed by atoms with E-state index in [-0.39, 0.29) is 32.5 Å². The number of carbonyl (C=O) groups excluding carboxylic acids is 1. The number of nitrogens with zero attached hydrogens (tertiary/aromatic N) is 5. The number of hydrogen-bond acceptors (Lipinski definition) is 10. The van der Waals surface area contributed by atoms with Crippen LogP contribution in [0.1, 0.15) is 16.2 Å². The molecule has 4 aromatic rings. The van der Waals surface area contributed by atoms with Gasteiger partial charge in [-0.05, 0) is 23.6 Å². The fraction of sp³-hybridized carbons (Fsp3) is 0.118. The van der Waals surface area contributed by atoms with Gasteiger partial charge >= 0.3 is 0 Å². The largest absolute Gasteiger partial charge is 0.337 e. The molecule has 0 saturated heterocycles. The molecule has 0 aliphatic heterocycles. The van der Waals surface area contributed by atoms with E-state index in [9.17, 15) is 13.2 Å². The van der Waals surface area contributed by atoms with E-state index in [2.05, 4.69) is 25.7 Å². The summed E-state index contributed by atoms with van der Waals surface area (Å²) in [5.41, 5.74) is 0.235. The molecule has 1 amide bonds. The lowest BCUT2D eigenvalue weighted by Gasteiger charge is -2.11. The monoisotopic (exact) mass is 496 g/mol. The zero-order valence-electron chi connectivity index (χ0n) is 15.7. The fourth-order valence-corrected chi connectivity index (χ4v) is 5.48. The molecule has 1 N–H and O–H groups in total. The van der Waals surface area contributed by atoms with Gasteiger partial charge in [-0.15, -0.1) is 21.5 Å². The molecule has 3 heterocycles. The molecule has 0 aliphatic carbocycles. The molecule has 31 heavy (non-hydrogen) atoms. The predicted octanol–water partition coefficient (Wildman–Crippen LogP) is 3.38. The lowest BCUT2D eigenvalue weighted by atomic mass is 10.2. The molecule has 160 valence electrons. The molecule has 0 atom stereocenters. The Morgan fingerprint density at radius 3 is 2.77 bits per heavy atom. The Labute approximate surface area is 189 Å². The Morgan fingerprint density at radius 2 is 2.03 bits per heavy atom. The quantitative estimate of drug-likeness (QED) is 0.385. The molecule has 0 unspecified atom stereocenters. The summed E-state index contributed by atoms with van der Waals surface area (Å²) in [6.07, 6.45) is 0. The van der Waals surface area contributed by atoms with Crippen LogP contribution in [0.4, 0.5) is 5.13 Å². The van der Waals surface area contributed by atoms with Crippen molar-refractivity contribution in [2.24, 2.45) is 0 Å². The van der Waals surface area contributed by atoms with E-state index >= 15 is 0 Å². The highest BCUT2D eigenvalue weighted by atomic mass is 35.5. The van der Waals surface area contributed by atoms with E-state index in [4.69, 9.17) is 16.1 Å². The summed E-state index contributed by atoms with van der Waals surface area (Å²) in [6.45, 7) is -0.151. The van der Waals surface area contributed by atoms with Crippen LogP contribution < -0.4 is 5.32 Å². The first-order valence-electron chi connectivity index (χ1n) is 8.57. The normalized spacial score (nSPS) is 11.7. The second-order valence-corrected chi connectivity index (χ2v) is 10.6.